The van der Waals surface area contributed by atoms with Crippen molar-refractivity contribution in [3.05, 3.63) is 68.8 Å². The normalized spacial score (nSPS) is 11.5. The summed E-state index contributed by atoms with van der Waals surface area (Å²) in [6.07, 6.45) is -0.780. The van der Waals surface area contributed by atoms with Crippen LogP contribution in [0.2, 0.25) is 0 Å². The number of nitrogens with zero attached hydrogens (tertiary/aromatic N) is 1. The lowest BCUT2D eigenvalue weighted by atomic mass is 9.96. The van der Waals surface area contributed by atoms with Crippen LogP contribution >= 0.6 is 11.6 Å². The monoisotopic (exact) mass is 511 g/mol. The second kappa shape index (κ2) is 10.00. The molecule has 0 saturated heterocycles. The Balaban J connectivity index is 2.09. The van der Waals surface area contributed by atoms with E-state index in [2.05, 4.69) is 4.72 Å². The van der Waals surface area contributed by atoms with Crippen LogP contribution in [0.15, 0.2) is 39.5 Å². The molecule has 0 radical (unpaired) electrons. The Hall–Kier alpha value is -3.15. The summed E-state index contributed by atoms with van der Waals surface area (Å²) in [6.45, 7) is 1.74. The van der Waals surface area contributed by atoms with Gasteiger partial charge in [-0.15, -0.1) is 11.6 Å². The van der Waals surface area contributed by atoms with E-state index in [1.807, 2.05) is 4.72 Å². The predicted molar refractivity (Wildman–Crippen MR) is 127 cm³/mol. The van der Waals surface area contributed by atoms with E-state index < -0.39 is 27.7 Å². The molecule has 182 valence electrons. The number of fused-ring (bicyclic) bond motifs is 1. The van der Waals surface area contributed by atoms with Crippen molar-refractivity contribution in [3.63, 3.8) is 0 Å². The van der Waals surface area contributed by atoms with Gasteiger partial charge in [-0.1, -0.05) is 12.1 Å². The second-order valence-corrected chi connectivity index (χ2v) is 9.51. The molecule has 0 atom stereocenters. The van der Waals surface area contributed by atoms with E-state index in [9.17, 15) is 18.0 Å². The number of ether oxygens (including phenoxy) is 1. The van der Waals surface area contributed by atoms with Gasteiger partial charge in [-0.25, -0.2) is 18.7 Å². The van der Waals surface area contributed by atoms with Gasteiger partial charge in [-0.2, -0.15) is 8.42 Å². The minimum absolute atomic E-state index is 0.0667. The van der Waals surface area contributed by atoms with Crippen molar-refractivity contribution >= 4 is 44.6 Å². The molecular formula is C22H23ClFN3O6S. The lowest BCUT2D eigenvalue weighted by molar-refractivity contribution is 0.172. The van der Waals surface area contributed by atoms with E-state index in [-0.39, 0.29) is 40.4 Å². The minimum Gasteiger partial charge on any atom is -0.422 e. The van der Waals surface area contributed by atoms with Gasteiger partial charge < -0.3 is 14.1 Å². The number of rotatable bonds is 7. The highest BCUT2D eigenvalue weighted by molar-refractivity contribution is 7.90. The smallest absolute Gasteiger partial charge is 0.414 e. The number of carbonyl (C=O) groups is 1. The summed E-state index contributed by atoms with van der Waals surface area (Å²) in [5, 5.41) is 0.543. The zero-order valence-electron chi connectivity index (χ0n) is 18.9. The van der Waals surface area contributed by atoms with Crippen LogP contribution < -0.4 is 19.8 Å². The topological polar surface area (TPSA) is 118 Å². The lowest BCUT2D eigenvalue weighted by Crippen LogP contribution is -2.27. The minimum atomic E-state index is -3.94. The number of anilines is 1. The summed E-state index contributed by atoms with van der Waals surface area (Å²) in [6, 6.07) is 7.19. The predicted octanol–water partition coefficient (Wildman–Crippen LogP) is 3.51. The standard InChI is InChI=1S/C22H23ClFN3O6S/c1-12-8-14(32-22(29)27(3)4)10-18-19(12)16(11-23)15(21(28)33-18)9-13-6-5-7-17(20(13)24)26-34(30,31)25-2/h5-8,10,25-26H,9,11H2,1-4H3. The van der Waals surface area contributed by atoms with Gasteiger partial charge in [0.25, 0.3) is 10.2 Å². The summed E-state index contributed by atoms with van der Waals surface area (Å²) in [5.74, 6) is -0.706. The number of nitrogens with one attached hydrogen (secondary N) is 2. The van der Waals surface area contributed by atoms with Crippen molar-refractivity contribution in [1.29, 1.82) is 0 Å². The molecule has 9 nitrogen and oxygen atoms in total. The van der Waals surface area contributed by atoms with Gasteiger partial charge in [-0.05, 0) is 35.7 Å². The van der Waals surface area contributed by atoms with Crippen molar-refractivity contribution in [2.75, 3.05) is 25.9 Å². The molecule has 0 bridgehead atoms. The van der Waals surface area contributed by atoms with Crippen LogP contribution in [-0.4, -0.2) is 40.6 Å². The molecule has 34 heavy (non-hydrogen) atoms. The van der Waals surface area contributed by atoms with Gasteiger partial charge in [0.1, 0.15) is 11.3 Å². The Morgan fingerprint density at radius 2 is 1.94 bits per heavy atom. The van der Waals surface area contributed by atoms with Gasteiger partial charge in [0.2, 0.25) is 0 Å². The SMILES string of the molecule is CNS(=O)(=O)Nc1cccc(Cc2c(CCl)c3c(C)cc(OC(=O)N(C)C)cc3oc2=O)c1F. The van der Waals surface area contributed by atoms with Crippen LogP contribution in [0.25, 0.3) is 11.0 Å². The van der Waals surface area contributed by atoms with Crippen molar-refractivity contribution in [2.24, 2.45) is 0 Å². The highest BCUT2D eigenvalue weighted by atomic mass is 35.5. The van der Waals surface area contributed by atoms with E-state index in [4.69, 9.17) is 20.8 Å². The molecule has 2 aromatic carbocycles. The number of benzene rings is 2. The first-order valence-electron chi connectivity index (χ1n) is 10.00. The molecule has 3 rings (SSSR count). The maximum absolute atomic E-state index is 15.1. The Morgan fingerprint density at radius 1 is 1.24 bits per heavy atom. The summed E-state index contributed by atoms with van der Waals surface area (Å²) in [5.41, 5.74) is 0.445. The first-order chi connectivity index (χ1) is 16.0. The zero-order chi connectivity index (χ0) is 25.2. The van der Waals surface area contributed by atoms with E-state index in [1.54, 1.807) is 13.0 Å². The Labute approximate surface area is 200 Å². The summed E-state index contributed by atoms with van der Waals surface area (Å²) in [4.78, 5) is 26.0. The van der Waals surface area contributed by atoms with Crippen LogP contribution in [0.3, 0.4) is 0 Å². The van der Waals surface area contributed by atoms with Crippen LogP contribution in [0.4, 0.5) is 14.9 Å². The number of aryl methyl sites for hydroxylation is 1. The maximum atomic E-state index is 15.1. The number of amides is 1. The largest absolute Gasteiger partial charge is 0.422 e. The molecule has 0 unspecified atom stereocenters. The lowest BCUT2D eigenvalue weighted by Gasteiger charge is -2.15. The molecule has 2 N–H and O–H groups in total. The molecule has 0 aliphatic heterocycles. The van der Waals surface area contributed by atoms with Crippen LogP contribution in [0.5, 0.6) is 5.75 Å². The highest BCUT2D eigenvalue weighted by Crippen LogP contribution is 2.31. The average molecular weight is 512 g/mol. The van der Waals surface area contributed by atoms with E-state index in [0.717, 1.165) is 0 Å². The van der Waals surface area contributed by atoms with Gasteiger partial charge in [0, 0.05) is 50.5 Å². The van der Waals surface area contributed by atoms with Gasteiger partial charge in [-0.3, -0.25) is 4.72 Å². The highest BCUT2D eigenvalue weighted by Gasteiger charge is 2.21. The van der Waals surface area contributed by atoms with Crippen LogP contribution in [0.1, 0.15) is 22.3 Å². The van der Waals surface area contributed by atoms with Crippen molar-refractivity contribution in [1.82, 2.24) is 9.62 Å². The molecule has 0 aliphatic carbocycles. The number of hydrogen-bond donors (Lipinski definition) is 2. The summed E-state index contributed by atoms with van der Waals surface area (Å²) in [7, 11) is 0.316. The Kier molecular flexibility index (Phi) is 7.49. The fourth-order valence-electron chi connectivity index (χ4n) is 3.38. The van der Waals surface area contributed by atoms with Crippen molar-refractivity contribution < 1.29 is 26.8 Å². The first kappa shape index (κ1) is 25.5. The molecule has 0 fully saturated rings. The van der Waals surface area contributed by atoms with Crippen LogP contribution in [0, 0.1) is 12.7 Å². The fourth-order valence-corrected chi connectivity index (χ4v) is 4.23. The molecule has 1 aromatic heterocycles. The quantitative estimate of drug-likeness (QED) is 0.370. The summed E-state index contributed by atoms with van der Waals surface area (Å²) >= 11 is 6.20. The molecule has 1 amide bonds. The fraction of sp³-hybridized carbons (Fsp3) is 0.273. The van der Waals surface area contributed by atoms with Crippen LogP contribution in [-0.2, 0) is 22.5 Å². The third-order valence-corrected chi connectivity index (χ3v) is 6.34. The number of hydrogen-bond acceptors (Lipinski definition) is 6. The summed E-state index contributed by atoms with van der Waals surface area (Å²) < 4.78 is 53.4. The Bertz CT molecular complexity index is 1420. The van der Waals surface area contributed by atoms with Crippen molar-refractivity contribution in [2.45, 2.75) is 19.2 Å². The van der Waals surface area contributed by atoms with E-state index in [1.165, 1.54) is 50.3 Å². The van der Waals surface area contributed by atoms with Gasteiger partial charge in [0.15, 0.2) is 5.82 Å². The molecule has 3 aromatic rings. The second-order valence-electron chi connectivity index (χ2n) is 7.62. The molecule has 12 heteroatoms. The van der Waals surface area contributed by atoms with Gasteiger partial charge in [0.05, 0.1) is 5.69 Å². The zero-order valence-corrected chi connectivity index (χ0v) is 20.4. The molecule has 1 heterocycles. The first-order valence-corrected chi connectivity index (χ1v) is 12.0. The molecule has 0 saturated carbocycles. The number of carbonyl (C=O) groups excluding carboxylic acids is 1. The molecule has 0 aliphatic rings. The average Bonchev–Trinajstić information content (AvgIpc) is 2.76. The third-order valence-electron chi connectivity index (χ3n) is 5.05. The maximum Gasteiger partial charge on any atom is 0.414 e. The Morgan fingerprint density at radius 3 is 2.56 bits per heavy atom. The molecule has 0 spiro atoms. The van der Waals surface area contributed by atoms with Gasteiger partial charge >= 0.3 is 11.7 Å². The molecular weight excluding hydrogens is 489 g/mol. The third kappa shape index (κ3) is 5.32. The number of halogens is 2. The van der Waals surface area contributed by atoms with E-state index >= 15 is 4.39 Å². The number of alkyl halides is 1. The van der Waals surface area contributed by atoms with Crippen molar-refractivity contribution in [3.8, 4) is 5.75 Å². The van der Waals surface area contributed by atoms with E-state index in [0.29, 0.717) is 16.5 Å².